The van der Waals surface area contributed by atoms with Gasteiger partial charge in [-0.2, -0.15) is 0 Å². The minimum atomic E-state index is -0.303. The fourth-order valence-corrected chi connectivity index (χ4v) is 1.14. The van der Waals surface area contributed by atoms with Crippen LogP contribution in [0.4, 0.5) is 0 Å². The van der Waals surface area contributed by atoms with Gasteiger partial charge in [-0.05, 0) is 23.6 Å². The van der Waals surface area contributed by atoms with E-state index in [0.29, 0.717) is 13.0 Å². The van der Waals surface area contributed by atoms with Gasteiger partial charge in [-0.15, -0.1) is 0 Å². The van der Waals surface area contributed by atoms with Gasteiger partial charge in [0.05, 0.1) is 0 Å². The average Bonchev–Trinajstić information content (AvgIpc) is 2.23. The van der Waals surface area contributed by atoms with Gasteiger partial charge in [0, 0.05) is 17.7 Å². The number of aromatic amines is 1. The average molecular weight is 225 g/mol. The molecular formula is C9H9ClN4O. The highest BCUT2D eigenvalue weighted by Gasteiger charge is 1.94. The number of pyridine rings is 1. The highest BCUT2D eigenvalue weighted by atomic mass is 35.5. The molecule has 1 heterocycles. The van der Waals surface area contributed by atoms with Crippen molar-refractivity contribution in [1.29, 1.82) is 0 Å². The largest absolute Gasteiger partial charge is 0.327 e. The molecule has 0 radical (unpaired) electrons. The molecule has 1 N–H and O–H groups in total. The van der Waals surface area contributed by atoms with E-state index >= 15 is 0 Å². The van der Waals surface area contributed by atoms with Gasteiger partial charge in [0.15, 0.2) is 0 Å². The summed E-state index contributed by atoms with van der Waals surface area (Å²) in [6, 6.07) is 1.57. The van der Waals surface area contributed by atoms with Crippen LogP contribution in [0.5, 0.6) is 0 Å². The quantitative estimate of drug-likeness (QED) is 0.363. The molecule has 78 valence electrons. The van der Waals surface area contributed by atoms with Crippen LogP contribution in [0.15, 0.2) is 28.2 Å². The van der Waals surface area contributed by atoms with Crippen molar-refractivity contribution in [3.8, 4) is 0 Å². The van der Waals surface area contributed by atoms with Gasteiger partial charge in [-0.3, -0.25) is 4.79 Å². The molecule has 0 saturated carbocycles. The van der Waals surface area contributed by atoms with E-state index in [9.17, 15) is 4.79 Å². The Morgan fingerprint density at radius 3 is 3.13 bits per heavy atom. The molecule has 5 nitrogen and oxygen atoms in total. The molecule has 0 saturated heterocycles. The molecule has 0 unspecified atom stereocenters. The fourth-order valence-electron chi connectivity index (χ4n) is 0.964. The standard InChI is InChI=1S/C9H9ClN4O/c10-8-5-7(6-12-9(8)15)3-1-2-4-13-14-11/h1,3,5-6H,2,4H2,(H,12,15). The van der Waals surface area contributed by atoms with Crippen molar-refractivity contribution in [1.82, 2.24) is 4.98 Å². The van der Waals surface area contributed by atoms with Gasteiger partial charge in [-0.25, -0.2) is 0 Å². The Balaban J connectivity index is 2.60. The van der Waals surface area contributed by atoms with Crippen molar-refractivity contribution in [3.05, 3.63) is 49.7 Å². The minimum absolute atomic E-state index is 0.159. The molecule has 6 heteroatoms. The first-order chi connectivity index (χ1) is 7.24. The van der Waals surface area contributed by atoms with Crippen LogP contribution in [0.3, 0.4) is 0 Å². The summed E-state index contributed by atoms with van der Waals surface area (Å²) in [5.41, 5.74) is 8.53. The van der Waals surface area contributed by atoms with Crippen molar-refractivity contribution in [3.63, 3.8) is 0 Å². The van der Waals surface area contributed by atoms with Gasteiger partial charge < -0.3 is 4.98 Å². The number of halogens is 1. The number of rotatable bonds is 4. The predicted octanol–water partition coefficient (Wildman–Crippen LogP) is 2.74. The van der Waals surface area contributed by atoms with Crippen LogP contribution < -0.4 is 5.56 Å². The summed E-state index contributed by atoms with van der Waals surface area (Å²) in [5.74, 6) is 0. The molecule has 0 bridgehead atoms. The first-order valence-corrected chi connectivity index (χ1v) is 4.67. The van der Waals surface area contributed by atoms with Crippen LogP contribution >= 0.6 is 11.6 Å². The van der Waals surface area contributed by atoms with Crippen molar-refractivity contribution < 1.29 is 0 Å². The highest BCUT2D eigenvalue weighted by molar-refractivity contribution is 6.30. The summed E-state index contributed by atoms with van der Waals surface area (Å²) >= 11 is 5.63. The Bertz CT molecular complexity index is 459. The zero-order valence-electron chi connectivity index (χ0n) is 7.85. The van der Waals surface area contributed by atoms with Crippen LogP contribution in [0.2, 0.25) is 5.02 Å². The Kier molecular flexibility index (Phi) is 4.47. The Morgan fingerprint density at radius 1 is 1.67 bits per heavy atom. The van der Waals surface area contributed by atoms with Crippen molar-refractivity contribution in [2.24, 2.45) is 5.11 Å². The van der Waals surface area contributed by atoms with Crippen LogP contribution in [-0.2, 0) is 0 Å². The molecular weight excluding hydrogens is 216 g/mol. The Hall–Kier alpha value is -1.71. The number of nitrogens with one attached hydrogen (secondary N) is 1. The second-order valence-electron chi connectivity index (χ2n) is 2.76. The SMILES string of the molecule is [N-]=[N+]=NCCC=Cc1c[nH]c(=O)c(Cl)c1. The van der Waals surface area contributed by atoms with E-state index < -0.39 is 0 Å². The number of hydrogen-bond acceptors (Lipinski definition) is 2. The zero-order valence-corrected chi connectivity index (χ0v) is 8.61. The van der Waals surface area contributed by atoms with E-state index in [4.69, 9.17) is 17.1 Å². The molecule has 0 spiro atoms. The lowest BCUT2D eigenvalue weighted by atomic mass is 10.2. The van der Waals surface area contributed by atoms with E-state index in [1.807, 2.05) is 6.08 Å². The smallest absolute Gasteiger partial charge is 0.266 e. The minimum Gasteiger partial charge on any atom is -0.327 e. The molecule has 15 heavy (non-hydrogen) atoms. The van der Waals surface area contributed by atoms with Crippen LogP contribution in [-0.4, -0.2) is 11.5 Å². The lowest BCUT2D eigenvalue weighted by Gasteiger charge is -1.93. The third-order valence-electron chi connectivity index (χ3n) is 1.65. The topological polar surface area (TPSA) is 81.6 Å². The molecule has 1 aromatic rings. The number of azide groups is 1. The summed E-state index contributed by atoms with van der Waals surface area (Å²) in [5, 5.41) is 3.54. The van der Waals surface area contributed by atoms with Crippen molar-refractivity contribution in [2.45, 2.75) is 6.42 Å². The highest BCUT2D eigenvalue weighted by Crippen LogP contribution is 2.06. The van der Waals surface area contributed by atoms with Crippen molar-refractivity contribution >= 4 is 17.7 Å². The van der Waals surface area contributed by atoms with Gasteiger partial charge >= 0.3 is 0 Å². The monoisotopic (exact) mass is 224 g/mol. The van der Waals surface area contributed by atoms with Crippen LogP contribution in [0.1, 0.15) is 12.0 Å². The molecule has 0 aliphatic carbocycles. The third kappa shape index (κ3) is 3.89. The van der Waals surface area contributed by atoms with Crippen molar-refractivity contribution in [2.75, 3.05) is 6.54 Å². The van der Waals surface area contributed by atoms with Crippen LogP contribution in [0.25, 0.3) is 16.5 Å². The number of aromatic nitrogens is 1. The maximum absolute atomic E-state index is 10.9. The molecule has 0 aliphatic heterocycles. The maximum Gasteiger partial charge on any atom is 0.266 e. The fraction of sp³-hybridized carbons (Fsp3) is 0.222. The van der Waals surface area contributed by atoms with E-state index in [1.54, 1.807) is 18.3 Å². The normalized spacial score (nSPS) is 10.2. The molecule has 0 amide bonds. The van der Waals surface area contributed by atoms with Gasteiger partial charge in [0.1, 0.15) is 5.02 Å². The summed E-state index contributed by atoms with van der Waals surface area (Å²) in [4.78, 5) is 16.0. The Labute approximate surface area is 91.0 Å². The summed E-state index contributed by atoms with van der Waals surface area (Å²) in [6.07, 6.45) is 5.87. The van der Waals surface area contributed by atoms with Crippen LogP contribution in [0, 0.1) is 0 Å². The van der Waals surface area contributed by atoms with Gasteiger partial charge in [-0.1, -0.05) is 28.9 Å². The first kappa shape index (κ1) is 11.4. The third-order valence-corrected chi connectivity index (χ3v) is 1.93. The lowest BCUT2D eigenvalue weighted by molar-refractivity contribution is 0.995. The van der Waals surface area contributed by atoms with E-state index in [2.05, 4.69) is 15.0 Å². The molecule has 1 aromatic heterocycles. The molecule has 0 atom stereocenters. The molecule has 0 aliphatic rings. The molecule has 1 rings (SSSR count). The summed E-state index contributed by atoms with van der Waals surface area (Å²) in [7, 11) is 0. The number of hydrogen-bond donors (Lipinski definition) is 1. The van der Waals surface area contributed by atoms with Gasteiger partial charge in [0.2, 0.25) is 0 Å². The summed E-state index contributed by atoms with van der Waals surface area (Å²) in [6.45, 7) is 0.421. The first-order valence-electron chi connectivity index (χ1n) is 4.29. The second kappa shape index (κ2) is 5.90. The maximum atomic E-state index is 10.9. The molecule has 0 fully saturated rings. The van der Waals surface area contributed by atoms with E-state index in [-0.39, 0.29) is 10.6 Å². The zero-order chi connectivity index (χ0) is 11.1. The molecule has 0 aromatic carbocycles. The summed E-state index contributed by atoms with van der Waals surface area (Å²) < 4.78 is 0. The number of H-pyrrole nitrogens is 1. The Morgan fingerprint density at radius 2 is 2.47 bits per heavy atom. The van der Waals surface area contributed by atoms with E-state index in [0.717, 1.165) is 5.56 Å². The predicted molar refractivity (Wildman–Crippen MR) is 59.7 cm³/mol. The second-order valence-corrected chi connectivity index (χ2v) is 3.16. The van der Waals surface area contributed by atoms with Gasteiger partial charge in [0.25, 0.3) is 5.56 Å². The lowest BCUT2D eigenvalue weighted by Crippen LogP contribution is -2.04. The van der Waals surface area contributed by atoms with E-state index in [1.165, 1.54) is 0 Å². The number of nitrogens with zero attached hydrogens (tertiary/aromatic N) is 3.